The van der Waals surface area contributed by atoms with Crippen LogP contribution in [0.15, 0.2) is 48.5 Å². The zero-order valence-corrected chi connectivity index (χ0v) is 10.8. The highest BCUT2D eigenvalue weighted by molar-refractivity contribution is 6.02. The number of nitrogens with two attached hydrogens (primary N) is 1. The maximum Gasteiger partial charge on any atom is 0.196 e. The highest BCUT2D eigenvalue weighted by atomic mass is 16.3. The van der Waals surface area contributed by atoms with Gasteiger partial charge in [-0.1, -0.05) is 49.4 Å². The minimum absolute atomic E-state index is 0.310. The fourth-order valence-corrected chi connectivity index (χ4v) is 2.16. The molecule has 0 saturated heterocycles. The molecule has 0 spiro atoms. The van der Waals surface area contributed by atoms with Crippen molar-refractivity contribution in [2.75, 3.05) is 5.73 Å². The van der Waals surface area contributed by atoms with Gasteiger partial charge in [-0.25, -0.2) is 0 Å². The van der Waals surface area contributed by atoms with Crippen molar-refractivity contribution in [1.29, 1.82) is 0 Å². The minimum Gasteiger partial charge on any atom is -0.398 e. The highest BCUT2D eigenvalue weighted by Gasteiger charge is 2.21. The molecule has 1 atom stereocenters. The molecule has 3 N–H and O–H groups in total. The lowest BCUT2D eigenvalue weighted by atomic mass is 9.94. The summed E-state index contributed by atoms with van der Waals surface area (Å²) in [5.41, 5.74) is 8.35. The number of benzene rings is 2. The summed E-state index contributed by atoms with van der Waals surface area (Å²) in [7, 11) is 0. The van der Waals surface area contributed by atoms with Crippen LogP contribution in [0.25, 0.3) is 0 Å². The van der Waals surface area contributed by atoms with E-state index in [-0.39, 0.29) is 5.78 Å². The van der Waals surface area contributed by atoms with Crippen molar-refractivity contribution in [1.82, 2.24) is 0 Å². The molecule has 0 radical (unpaired) electrons. The normalized spacial score (nSPS) is 12.1. The van der Waals surface area contributed by atoms with E-state index in [4.69, 9.17) is 5.73 Å². The van der Waals surface area contributed by atoms with Crippen LogP contribution < -0.4 is 5.73 Å². The number of carbonyl (C=O) groups excluding carboxylic acids is 1. The fourth-order valence-electron chi connectivity index (χ4n) is 2.16. The van der Waals surface area contributed by atoms with E-state index in [1.165, 1.54) is 0 Å². The third-order valence-electron chi connectivity index (χ3n) is 3.19. The van der Waals surface area contributed by atoms with Crippen LogP contribution in [0, 0.1) is 0 Å². The number of carbonyl (C=O) groups is 1. The van der Waals surface area contributed by atoms with E-state index in [2.05, 4.69) is 0 Å². The van der Waals surface area contributed by atoms with Gasteiger partial charge < -0.3 is 10.8 Å². The van der Waals surface area contributed by atoms with Crippen LogP contribution in [0.2, 0.25) is 0 Å². The van der Waals surface area contributed by atoms with E-state index in [0.29, 0.717) is 23.2 Å². The smallest absolute Gasteiger partial charge is 0.196 e. The fraction of sp³-hybridized carbons (Fsp3) is 0.188. The van der Waals surface area contributed by atoms with Gasteiger partial charge in [-0.15, -0.1) is 0 Å². The molecule has 2 aromatic carbocycles. The Morgan fingerprint density at radius 2 is 1.84 bits per heavy atom. The summed E-state index contributed by atoms with van der Waals surface area (Å²) < 4.78 is 0. The topological polar surface area (TPSA) is 63.3 Å². The summed E-state index contributed by atoms with van der Waals surface area (Å²) in [6.45, 7) is 1.94. The standard InChI is InChI=1S/C16H17NO2/c1-2-12-13(9-6-10-14(12)17)16(19)15(18)11-7-4-3-5-8-11/h3-10,15,18H,2,17H2,1H3. The SMILES string of the molecule is CCc1c(N)cccc1C(=O)C(O)c1ccccc1. The van der Waals surface area contributed by atoms with Gasteiger partial charge in [0.2, 0.25) is 0 Å². The molecule has 19 heavy (non-hydrogen) atoms. The van der Waals surface area contributed by atoms with Gasteiger partial charge in [0.15, 0.2) is 5.78 Å². The summed E-state index contributed by atoms with van der Waals surface area (Å²) in [6, 6.07) is 14.1. The molecule has 0 aliphatic heterocycles. The first-order valence-electron chi connectivity index (χ1n) is 6.29. The molecule has 0 aromatic heterocycles. The van der Waals surface area contributed by atoms with E-state index in [1.807, 2.05) is 13.0 Å². The average molecular weight is 255 g/mol. The number of Topliss-reactive ketones (excluding diaryl/α,β-unsaturated/α-hetero) is 1. The van der Waals surface area contributed by atoms with Gasteiger partial charge in [0, 0.05) is 11.3 Å². The predicted octanol–water partition coefficient (Wildman–Crippen LogP) is 2.75. The second kappa shape index (κ2) is 5.67. The van der Waals surface area contributed by atoms with Gasteiger partial charge in [-0.2, -0.15) is 0 Å². The molecule has 0 heterocycles. The van der Waals surface area contributed by atoms with Crippen LogP contribution in [-0.4, -0.2) is 10.9 Å². The Kier molecular flexibility index (Phi) is 3.97. The second-order valence-electron chi connectivity index (χ2n) is 4.40. The predicted molar refractivity (Wildman–Crippen MR) is 76.0 cm³/mol. The van der Waals surface area contributed by atoms with Crippen LogP contribution in [0.4, 0.5) is 5.69 Å². The molecule has 0 bridgehead atoms. The van der Waals surface area contributed by atoms with Crippen LogP contribution in [0.3, 0.4) is 0 Å². The number of hydrogen-bond acceptors (Lipinski definition) is 3. The number of aliphatic hydroxyl groups is 1. The van der Waals surface area contributed by atoms with E-state index in [1.54, 1.807) is 42.5 Å². The van der Waals surface area contributed by atoms with E-state index >= 15 is 0 Å². The molecule has 1 unspecified atom stereocenters. The molecule has 0 aliphatic carbocycles. The first kappa shape index (κ1) is 13.3. The zero-order chi connectivity index (χ0) is 13.8. The molecule has 3 heteroatoms. The Hall–Kier alpha value is -2.13. The molecule has 0 aliphatic rings. The number of ketones is 1. The number of nitrogen functional groups attached to an aromatic ring is 1. The summed E-state index contributed by atoms with van der Waals surface area (Å²) in [4.78, 5) is 12.4. The van der Waals surface area contributed by atoms with Gasteiger partial charge in [-0.3, -0.25) is 4.79 Å². The van der Waals surface area contributed by atoms with Crippen molar-refractivity contribution in [3.63, 3.8) is 0 Å². The lowest BCUT2D eigenvalue weighted by Gasteiger charge is -2.14. The molecule has 2 aromatic rings. The average Bonchev–Trinajstić information content (AvgIpc) is 2.46. The Labute approximate surface area is 112 Å². The Morgan fingerprint density at radius 1 is 1.16 bits per heavy atom. The number of rotatable bonds is 4. The molecule has 0 saturated carbocycles. The number of aliphatic hydroxyl groups excluding tert-OH is 1. The Balaban J connectivity index is 2.37. The number of hydrogen-bond donors (Lipinski definition) is 2. The van der Waals surface area contributed by atoms with Crippen molar-refractivity contribution in [2.45, 2.75) is 19.4 Å². The molecule has 2 rings (SSSR count). The van der Waals surface area contributed by atoms with Crippen molar-refractivity contribution in [3.05, 3.63) is 65.2 Å². The number of anilines is 1. The first-order valence-corrected chi connectivity index (χ1v) is 6.29. The van der Waals surface area contributed by atoms with E-state index in [9.17, 15) is 9.90 Å². The summed E-state index contributed by atoms with van der Waals surface area (Å²) >= 11 is 0. The summed E-state index contributed by atoms with van der Waals surface area (Å²) in [6.07, 6.45) is -0.483. The Bertz CT molecular complexity index is 579. The highest BCUT2D eigenvalue weighted by Crippen LogP contribution is 2.24. The van der Waals surface area contributed by atoms with Gasteiger partial charge in [0.25, 0.3) is 0 Å². The van der Waals surface area contributed by atoms with Gasteiger partial charge >= 0.3 is 0 Å². The monoisotopic (exact) mass is 255 g/mol. The third kappa shape index (κ3) is 2.66. The third-order valence-corrected chi connectivity index (χ3v) is 3.19. The molecule has 98 valence electrons. The lowest BCUT2D eigenvalue weighted by Crippen LogP contribution is -2.15. The minimum atomic E-state index is -1.15. The van der Waals surface area contributed by atoms with Crippen LogP contribution in [0.5, 0.6) is 0 Å². The van der Waals surface area contributed by atoms with Crippen molar-refractivity contribution in [2.24, 2.45) is 0 Å². The van der Waals surface area contributed by atoms with Crippen LogP contribution in [0.1, 0.15) is 34.5 Å². The largest absolute Gasteiger partial charge is 0.398 e. The van der Waals surface area contributed by atoms with Gasteiger partial charge in [0.1, 0.15) is 6.10 Å². The lowest BCUT2D eigenvalue weighted by molar-refractivity contribution is 0.0746. The molecule has 3 nitrogen and oxygen atoms in total. The maximum atomic E-state index is 12.4. The summed E-state index contributed by atoms with van der Waals surface area (Å²) in [5.74, 6) is -0.310. The molecular formula is C16H17NO2. The van der Waals surface area contributed by atoms with Crippen LogP contribution >= 0.6 is 0 Å². The quantitative estimate of drug-likeness (QED) is 0.652. The van der Waals surface area contributed by atoms with Crippen molar-refractivity contribution >= 4 is 11.5 Å². The van der Waals surface area contributed by atoms with E-state index < -0.39 is 6.10 Å². The molecule has 0 amide bonds. The Morgan fingerprint density at radius 3 is 2.47 bits per heavy atom. The molecule has 0 fully saturated rings. The van der Waals surface area contributed by atoms with Crippen molar-refractivity contribution < 1.29 is 9.90 Å². The van der Waals surface area contributed by atoms with Crippen molar-refractivity contribution in [3.8, 4) is 0 Å². The van der Waals surface area contributed by atoms with E-state index in [0.717, 1.165) is 5.56 Å². The maximum absolute atomic E-state index is 12.4. The van der Waals surface area contributed by atoms with Gasteiger partial charge in [0.05, 0.1) is 0 Å². The van der Waals surface area contributed by atoms with Gasteiger partial charge in [-0.05, 0) is 23.6 Å². The summed E-state index contributed by atoms with van der Waals surface area (Å²) in [5, 5.41) is 10.2. The molecular weight excluding hydrogens is 238 g/mol. The first-order chi connectivity index (χ1) is 9.15. The van der Waals surface area contributed by atoms with Crippen LogP contribution in [-0.2, 0) is 6.42 Å². The zero-order valence-electron chi connectivity index (χ0n) is 10.8. The second-order valence-corrected chi connectivity index (χ2v) is 4.40.